The molecule has 1 fully saturated rings. The van der Waals surface area contributed by atoms with Crippen LogP contribution in [0.2, 0.25) is 5.02 Å². The van der Waals surface area contributed by atoms with E-state index in [9.17, 15) is 9.18 Å². The Morgan fingerprint density at radius 3 is 2.89 bits per heavy atom. The Morgan fingerprint density at radius 2 is 2.21 bits per heavy atom. The first-order chi connectivity index (χ1) is 8.62. The number of anilines is 1. The monoisotopic (exact) mass is 306 g/mol. The van der Waals surface area contributed by atoms with E-state index < -0.39 is 17.5 Å². The maximum atomic E-state index is 14.2. The molecule has 2 N–H and O–H groups in total. The summed E-state index contributed by atoms with van der Waals surface area (Å²) in [5.41, 5.74) is -0.149. The van der Waals surface area contributed by atoms with Crippen molar-refractivity contribution in [2.45, 2.75) is 18.4 Å². The van der Waals surface area contributed by atoms with Crippen molar-refractivity contribution in [3.8, 4) is 0 Å². The van der Waals surface area contributed by atoms with Crippen molar-refractivity contribution in [3.63, 3.8) is 0 Å². The van der Waals surface area contributed by atoms with Gasteiger partial charge >= 0.3 is 6.09 Å². The maximum Gasteiger partial charge on any atom is 0.412 e. The van der Waals surface area contributed by atoms with Crippen LogP contribution >= 0.6 is 24.0 Å². The minimum Gasteiger partial charge on any atom is -0.436 e. The average Bonchev–Trinajstić information content (AvgIpc) is 2.34. The summed E-state index contributed by atoms with van der Waals surface area (Å²) in [6.45, 7) is 1.24. The lowest BCUT2D eigenvalue weighted by Crippen LogP contribution is -2.50. The van der Waals surface area contributed by atoms with Gasteiger partial charge in [-0.3, -0.25) is 5.32 Å². The van der Waals surface area contributed by atoms with Gasteiger partial charge in [0.25, 0.3) is 0 Å². The Bertz CT molecular complexity index is 519. The molecule has 7 heteroatoms. The maximum absolute atomic E-state index is 14.2. The number of amides is 1. The van der Waals surface area contributed by atoms with E-state index in [0.29, 0.717) is 24.2 Å². The number of halogens is 3. The summed E-state index contributed by atoms with van der Waals surface area (Å²) in [6, 6.07) is 3.04. The normalized spacial score (nSPS) is 25.1. The zero-order valence-electron chi connectivity index (χ0n) is 9.96. The van der Waals surface area contributed by atoms with E-state index in [2.05, 4.69) is 10.6 Å². The van der Waals surface area contributed by atoms with Gasteiger partial charge in [-0.1, -0.05) is 11.6 Å². The smallest absolute Gasteiger partial charge is 0.412 e. The molecule has 104 valence electrons. The van der Waals surface area contributed by atoms with Crippen molar-refractivity contribution in [2.24, 2.45) is 0 Å². The zero-order valence-corrected chi connectivity index (χ0v) is 11.5. The second-order valence-corrected chi connectivity index (χ2v) is 4.98. The van der Waals surface area contributed by atoms with E-state index in [4.69, 9.17) is 16.3 Å². The molecule has 1 spiro atoms. The quantitative estimate of drug-likeness (QED) is 0.774. The topological polar surface area (TPSA) is 50.4 Å². The number of hydrogen-bond acceptors (Lipinski definition) is 3. The van der Waals surface area contributed by atoms with Gasteiger partial charge in [-0.25, -0.2) is 9.18 Å². The zero-order chi connectivity index (χ0) is 12.8. The Kier molecular flexibility index (Phi) is 3.90. The SMILES string of the molecule is Cl.O=C1Nc2ccc(Cl)c(F)c2[C@@]2(CCCNC2)O1. The van der Waals surface area contributed by atoms with Gasteiger partial charge < -0.3 is 10.1 Å². The number of benzene rings is 1. The molecule has 0 bridgehead atoms. The highest BCUT2D eigenvalue weighted by molar-refractivity contribution is 6.31. The third-order valence-corrected chi connectivity index (χ3v) is 3.71. The van der Waals surface area contributed by atoms with Crippen molar-refractivity contribution in [1.29, 1.82) is 0 Å². The molecule has 0 saturated carbocycles. The minimum atomic E-state index is -0.940. The minimum absolute atomic E-state index is 0. The second-order valence-electron chi connectivity index (χ2n) is 4.57. The number of carbonyl (C=O) groups is 1. The number of carbonyl (C=O) groups excluding carboxylic acids is 1. The lowest BCUT2D eigenvalue weighted by Gasteiger charge is -2.41. The summed E-state index contributed by atoms with van der Waals surface area (Å²) in [4.78, 5) is 11.6. The van der Waals surface area contributed by atoms with Crippen LogP contribution in [-0.4, -0.2) is 19.2 Å². The summed E-state index contributed by atoms with van der Waals surface area (Å²) >= 11 is 5.82. The summed E-state index contributed by atoms with van der Waals surface area (Å²) in [7, 11) is 0. The van der Waals surface area contributed by atoms with Crippen molar-refractivity contribution in [2.75, 3.05) is 18.4 Å². The molecule has 0 radical (unpaired) electrons. The Labute approximate surface area is 121 Å². The van der Waals surface area contributed by atoms with E-state index in [1.54, 1.807) is 6.07 Å². The van der Waals surface area contributed by atoms with Crippen LogP contribution in [0.5, 0.6) is 0 Å². The summed E-state index contributed by atoms with van der Waals surface area (Å²) < 4.78 is 19.6. The molecule has 0 unspecified atom stereocenters. The third kappa shape index (κ3) is 2.26. The number of fused-ring (bicyclic) bond motifs is 2. The van der Waals surface area contributed by atoms with Crippen LogP contribution < -0.4 is 10.6 Å². The number of rotatable bonds is 0. The molecule has 0 aliphatic carbocycles. The summed E-state index contributed by atoms with van der Waals surface area (Å²) in [6.07, 6.45) is 0.865. The molecule has 2 aliphatic rings. The van der Waals surface area contributed by atoms with Crippen LogP contribution in [0.3, 0.4) is 0 Å². The van der Waals surface area contributed by atoms with Gasteiger partial charge in [0.2, 0.25) is 0 Å². The second kappa shape index (κ2) is 5.15. The predicted molar refractivity (Wildman–Crippen MR) is 72.5 cm³/mol. The van der Waals surface area contributed by atoms with Crippen LogP contribution in [-0.2, 0) is 10.3 Å². The first-order valence-electron chi connectivity index (χ1n) is 5.82. The molecule has 2 heterocycles. The molecular formula is C12H13Cl2FN2O2. The number of ether oxygens (including phenoxy) is 1. The molecule has 1 aromatic carbocycles. The molecule has 0 aromatic heterocycles. The van der Waals surface area contributed by atoms with Crippen LogP contribution in [0.25, 0.3) is 0 Å². The molecular weight excluding hydrogens is 294 g/mol. The molecule has 3 rings (SSSR count). The lowest BCUT2D eigenvalue weighted by atomic mass is 9.84. The van der Waals surface area contributed by atoms with E-state index in [0.717, 1.165) is 13.0 Å². The summed E-state index contributed by atoms with van der Waals surface area (Å²) in [5.74, 6) is -0.516. The molecule has 19 heavy (non-hydrogen) atoms. The van der Waals surface area contributed by atoms with Crippen molar-refractivity contribution >= 4 is 35.8 Å². The largest absolute Gasteiger partial charge is 0.436 e. The molecule has 1 atom stereocenters. The number of nitrogens with one attached hydrogen (secondary N) is 2. The van der Waals surface area contributed by atoms with E-state index in [1.807, 2.05) is 0 Å². The Hall–Kier alpha value is -1.04. The number of piperidine rings is 1. The van der Waals surface area contributed by atoms with Crippen LogP contribution in [0.4, 0.5) is 14.9 Å². The first kappa shape index (κ1) is 14.4. The fraction of sp³-hybridized carbons (Fsp3) is 0.417. The van der Waals surface area contributed by atoms with Gasteiger partial charge in [0.05, 0.1) is 16.3 Å². The molecule has 1 amide bonds. The fourth-order valence-corrected chi connectivity index (χ4v) is 2.80. The van der Waals surface area contributed by atoms with Gasteiger partial charge in [-0.05, 0) is 31.5 Å². The van der Waals surface area contributed by atoms with Crippen LogP contribution in [0, 0.1) is 5.82 Å². The van der Waals surface area contributed by atoms with Gasteiger partial charge in [0.15, 0.2) is 11.4 Å². The van der Waals surface area contributed by atoms with E-state index >= 15 is 0 Å². The van der Waals surface area contributed by atoms with Crippen molar-refractivity contribution in [1.82, 2.24) is 5.32 Å². The number of hydrogen-bond donors (Lipinski definition) is 2. The first-order valence-corrected chi connectivity index (χ1v) is 6.19. The fourth-order valence-electron chi connectivity index (χ4n) is 2.64. The highest BCUT2D eigenvalue weighted by Gasteiger charge is 2.45. The Morgan fingerprint density at radius 1 is 1.42 bits per heavy atom. The molecule has 1 aromatic rings. The highest BCUT2D eigenvalue weighted by Crippen LogP contribution is 2.43. The van der Waals surface area contributed by atoms with Crippen LogP contribution in [0.15, 0.2) is 12.1 Å². The van der Waals surface area contributed by atoms with Gasteiger partial charge in [0, 0.05) is 6.54 Å². The lowest BCUT2D eigenvalue weighted by molar-refractivity contribution is -0.00986. The van der Waals surface area contributed by atoms with Gasteiger partial charge in [0.1, 0.15) is 0 Å². The van der Waals surface area contributed by atoms with E-state index in [-0.39, 0.29) is 17.4 Å². The van der Waals surface area contributed by atoms with Crippen molar-refractivity contribution < 1.29 is 13.9 Å². The van der Waals surface area contributed by atoms with E-state index in [1.165, 1.54) is 6.07 Å². The van der Waals surface area contributed by atoms with Crippen molar-refractivity contribution in [3.05, 3.63) is 28.5 Å². The van der Waals surface area contributed by atoms with Gasteiger partial charge in [-0.2, -0.15) is 0 Å². The molecule has 4 nitrogen and oxygen atoms in total. The van der Waals surface area contributed by atoms with Gasteiger partial charge in [-0.15, -0.1) is 12.4 Å². The highest BCUT2D eigenvalue weighted by atomic mass is 35.5. The molecule has 2 aliphatic heterocycles. The molecule has 1 saturated heterocycles. The predicted octanol–water partition coefficient (Wildman–Crippen LogP) is 3.04. The summed E-state index contributed by atoms with van der Waals surface area (Å²) in [5, 5.41) is 5.69. The standard InChI is InChI=1S/C12H12ClFN2O2.ClH/c13-7-2-3-8-9(10(7)14)12(18-11(17)16-8)4-1-5-15-6-12;/h2-3,15H,1,4-6H2,(H,16,17);1H/t12-;/m0./s1. The van der Waals surface area contributed by atoms with Crippen LogP contribution in [0.1, 0.15) is 18.4 Å². The Balaban J connectivity index is 0.00000133. The third-order valence-electron chi connectivity index (χ3n) is 3.42. The average molecular weight is 307 g/mol.